The van der Waals surface area contributed by atoms with Crippen LogP contribution in [-0.4, -0.2) is 30.4 Å². The largest absolute Gasteiger partial charge is 0.459 e. The lowest BCUT2D eigenvalue weighted by Crippen LogP contribution is -2.40. The molecule has 138 valence electrons. The average Bonchev–Trinajstić information content (AvgIpc) is 3.15. The Labute approximate surface area is 145 Å². The van der Waals surface area contributed by atoms with Gasteiger partial charge in [0.05, 0.1) is 12.0 Å². The molecule has 10 heteroatoms. The van der Waals surface area contributed by atoms with Crippen molar-refractivity contribution in [3.05, 3.63) is 53.7 Å². The summed E-state index contributed by atoms with van der Waals surface area (Å²) < 4.78 is 48.8. The number of carbonyl (C=O) groups excluding carboxylic acids is 3. The molecule has 0 spiro atoms. The molecule has 0 unspecified atom stereocenters. The number of esters is 1. The number of furan rings is 1. The third-order valence-corrected chi connectivity index (χ3v) is 3.10. The van der Waals surface area contributed by atoms with Crippen LogP contribution in [0.2, 0.25) is 0 Å². The molecule has 26 heavy (non-hydrogen) atoms. The van der Waals surface area contributed by atoms with Crippen molar-refractivity contribution in [2.75, 3.05) is 11.9 Å². The smallest absolute Gasteiger partial charge is 0.328 e. The van der Waals surface area contributed by atoms with Crippen molar-refractivity contribution in [3.8, 4) is 0 Å². The van der Waals surface area contributed by atoms with Crippen molar-refractivity contribution in [1.82, 2.24) is 5.32 Å². The fourth-order valence-corrected chi connectivity index (χ4v) is 1.80. The van der Waals surface area contributed by atoms with Crippen LogP contribution in [0.25, 0.3) is 0 Å². The Bertz CT molecular complexity index is 824. The lowest BCUT2D eigenvalue weighted by atomic mass is 10.3. The van der Waals surface area contributed by atoms with E-state index in [1.54, 1.807) is 0 Å². The summed E-state index contributed by atoms with van der Waals surface area (Å²) in [5.41, 5.74) is -0.607. The van der Waals surface area contributed by atoms with Crippen molar-refractivity contribution in [1.29, 1.82) is 0 Å². The van der Waals surface area contributed by atoms with Crippen LogP contribution in [0, 0.1) is 17.5 Å². The molecule has 0 radical (unpaired) electrons. The second kappa shape index (κ2) is 8.19. The van der Waals surface area contributed by atoms with E-state index >= 15 is 0 Å². The highest BCUT2D eigenvalue weighted by Crippen LogP contribution is 2.19. The van der Waals surface area contributed by atoms with Gasteiger partial charge in [-0.2, -0.15) is 0 Å². The van der Waals surface area contributed by atoms with Crippen molar-refractivity contribution < 1.29 is 36.7 Å². The minimum absolute atomic E-state index is 0.0174. The molecular formula is C16H13F3N2O5. The molecule has 0 aliphatic carbocycles. The lowest BCUT2D eigenvalue weighted by molar-refractivity contribution is -0.148. The molecule has 2 N–H and O–H groups in total. The zero-order chi connectivity index (χ0) is 19.3. The third-order valence-electron chi connectivity index (χ3n) is 3.10. The molecule has 2 amide bonds. The first-order valence-corrected chi connectivity index (χ1v) is 7.24. The van der Waals surface area contributed by atoms with Gasteiger partial charge in [0.15, 0.2) is 29.8 Å². The molecule has 0 fully saturated rings. The van der Waals surface area contributed by atoms with Gasteiger partial charge >= 0.3 is 5.97 Å². The van der Waals surface area contributed by atoms with Crippen LogP contribution in [0.1, 0.15) is 17.5 Å². The van der Waals surface area contributed by atoms with Crippen molar-refractivity contribution in [2.24, 2.45) is 0 Å². The van der Waals surface area contributed by atoms with Crippen molar-refractivity contribution in [3.63, 3.8) is 0 Å². The van der Waals surface area contributed by atoms with Gasteiger partial charge < -0.3 is 19.8 Å². The van der Waals surface area contributed by atoms with Gasteiger partial charge in [0.25, 0.3) is 11.8 Å². The quantitative estimate of drug-likeness (QED) is 0.599. The summed E-state index contributed by atoms with van der Waals surface area (Å²) in [6.45, 7) is 0.494. The Morgan fingerprint density at radius 3 is 2.54 bits per heavy atom. The Morgan fingerprint density at radius 1 is 1.15 bits per heavy atom. The molecule has 0 saturated carbocycles. The maximum Gasteiger partial charge on any atom is 0.328 e. The number of rotatable bonds is 6. The number of carbonyl (C=O) groups is 3. The maximum absolute atomic E-state index is 13.4. The minimum Gasteiger partial charge on any atom is -0.459 e. The Morgan fingerprint density at radius 2 is 1.88 bits per heavy atom. The zero-order valence-corrected chi connectivity index (χ0v) is 13.3. The van der Waals surface area contributed by atoms with E-state index in [1.807, 2.05) is 5.32 Å². The number of hydrogen-bond acceptors (Lipinski definition) is 5. The summed E-state index contributed by atoms with van der Waals surface area (Å²) in [5, 5.41) is 4.22. The van der Waals surface area contributed by atoms with Crippen molar-refractivity contribution in [2.45, 2.75) is 13.0 Å². The first-order chi connectivity index (χ1) is 12.3. The van der Waals surface area contributed by atoms with Gasteiger partial charge in [-0.1, -0.05) is 0 Å². The van der Waals surface area contributed by atoms with E-state index in [2.05, 4.69) is 10.1 Å². The lowest BCUT2D eigenvalue weighted by Gasteiger charge is -2.13. The molecule has 1 atom stereocenters. The number of hydrogen-bond donors (Lipinski definition) is 2. The van der Waals surface area contributed by atoms with Gasteiger partial charge in [0, 0.05) is 0 Å². The summed E-state index contributed by atoms with van der Waals surface area (Å²) >= 11 is 0. The fraction of sp³-hybridized carbons (Fsp3) is 0.188. The number of amides is 2. The fourth-order valence-electron chi connectivity index (χ4n) is 1.80. The topological polar surface area (TPSA) is 97.6 Å². The Kier molecular flexibility index (Phi) is 5.99. The molecule has 0 aliphatic rings. The van der Waals surface area contributed by atoms with E-state index in [1.165, 1.54) is 25.3 Å². The van der Waals surface area contributed by atoms with Gasteiger partial charge in [-0.05, 0) is 31.2 Å². The standard InChI is InChI=1S/C16H13F3N2O5/c1-8(20-15(23)11-3-2-6-25-11)16(24)26-7-12(22)21-10-5-4-9(17)13(18)14(10)19/h2-6,8H,7H2,1H3,(H,20,23)(H,21,22)/t8-/m1/s1. The summed E-state index contributed by atoms with van der Waals surface area (Å²) in [4.78, 5) is 35.1. The van der Waals surface area contributed by atoms with E-state index < -0.39 is 53.6 Å². The van der Waals surface area contributed by atoms with E-state index in [9.17, 15) is 27.6 Å². The van der Waals surface area contributed by atoms with E-state index in [4.69, 9.17) is 4.42 Å². The SMILES string of the molecule is C[C@@H](NC(=O)c1ccco1)C(=O)OCC(=O)Nc1ccc(F)c(F)c1F. The molecule has 2 rings (SSSR count). The van der Waals surface area contributed by atoms with Gasteiger partial charge in [-0.25, -0.2) is 18.0 Å². The van der Waals surface area contributed by atoms with Crippen molar-refractivity contribution >= 4 is 23.5 Å². The second-order valence-electron chi connectivity index (χ2n) is 5.05. The normalized spacial score (nSPS) is 11.5. The first kappa shape index (κ1) is 19.0. The molecule has 0 bridgehead atoms. The van der Waals surface area contributed by atoms with Crippen LogP contribution >= 0.6 is 0 Å². The zero-order valence-electron chi connectivity index (χ0n) is 13.3. The summed E-state index contributed by atoms with van der Waals surface area (Å²) in [6.07, 6.45) is 1.28. The number of ether oxygens (including phenoxy) is 1. The number of anilines is 1. The summed E-state index contributed by atoms with van der Waals surface area (Å²) in [6, 6.07) is 3.23. The molecule has 1 heterocycles. The van der Waals surface area contributed by atoms with Gasteiger partial charge in [0.1, 0.15) is 6.04 Å². The van der Waals surface area contributed by atoms with Crippen LogP contribution in [0.3, 0.4) is 0 Å². The minimum atomic E-state index is -1.74. The molecule has 1 aromatic heterocycles. The molecule has 0 saturated heterocycles. The van der Waals surface area contributed by atoms with Gasteiger partial charge in [-0.3, -0.25) is 9.59 Å². The number of benzene rings is 1. The summed E-state index contributed by atoms with van der Waals surface area (Å²) in [5.74, 6) is -7.33. The average molecular weight is 370 g/mol. The Hall–Kier alpha value is -3.30. The van der Waals surface area contributed by atoms with Gasteiger partial charge in [-0.15, -0.1) is 0 Å². The predicted octanol–water partition coefficient (Wildman–Crippen LogP) is 2.00. The van der Waals surface area contributed by atoms with Gasteiger partial charge in [0.2, 0.25) is 0 Å². The van der Waals surface area contributed by atoms with E-state index in [-0.39, 0.29) is 5.76 Å². The van der Waals surface area contributed by atoms with Crippen LogP contribution in [0.4, 0.5) is 18.9 Å². The first-order valence-electron chi connectivity index (χ1n) is 7.24. The third kappa shape index (κ3) is 4.62. The molecule has 1 aromatic carbocycles. The van der Waals surface area contributed by atoms with Crippen LogP contribution in [-0.2, 0) is 14.3 Å². The van der Waals surface area contributed by atoms with Crippen LogP contribution < -0.4 is 10.6 Å². The van der Waals surface area contributed by atoms with E-state index in [0.717, 1.165) is 6.07 Å². The number of nitrogens with one attached hydrogen (secondary N) is 2. The molecular weight excluding hydrogens is 357 g/mol. The van der Waals surface area contributed by atoms with Crippen LogP contribution in [0.5, 0.6) is 0 Å². The predicted molar refractivity (Wildman–Crippen MR) is 81.5 cm³/mol. The molecule has 7 nitrogen and oxygen atoms in total. The molecule has 0 aliphatic heterocycles. The second-order valence-corrected chi connectivity index (χ2v) is 5.05. The highest BCUT2D eigenvalue weighted by atomic mass is 19.2. The van der Waals surface area contributed by atoms with E-state index in [0.29, 0.717) is 6.07 Å². The maximum atomic E-state index is 13.4. The summed E-state index contributed by atoms with van der Waals surface area (Å²) in [7, 11) is 0. The highest BCUT2D eigenvalue weighted by molar-refractivity contribution is 5.95. The highest BCUT2D eigenvalue weighted by Gasteiger charge is 2.21. The van der Waals surface area contributed by atoms with Crippen LogP contribution in [0.15, 0.2) is 34.9 Å². The number of halogens is 3. The monoisotopic (exact) mass is 370 g/mol. The molecule has 2 aromatic rings. The Balaban J connectivity index is 1.84.